The van der Waals surface area contributed by atoms with E-state index in [9.17, 15) is 5.11 Å². The van der Waals surface area contributed by atoms with Gasteiger partial charge in [-0.3, -0.25) is 0 Å². The highest BCUT2D eigenvalue weighted by atomic mass is 16.5. The number of nitrogens with zero attached hydrogens (tertiary/aromatic N) is 1. The van der Waals surface area contributed by atoms with Crippen molar-refractivity contribution in [2.24, 2.45) is 5.92 Å². The van der Waals surface area contributed by atoms with E-state index in [4.69, 9.17) is 10.00 Å². The Labute approximate surface area is 114 Å². The van der Waals surface area contributed by atoms with E-state index in [2.05, 4.69) is 5.32 Å². The van der Waals surface area contributed by atoms with Crippen molar-refractivity contribution in [2.45, 2.75) is 25.4 Å². The zero-order chi connectivity index (χ0) is 13.5. The van der Waals surface area contributed by atoms with Gasteiger partial charge in [-0.25, -0.2) is 0 Å². The van der Waals surface area contributed by atoms with Crippen LogP contribution in [-0.4, -0.2) is 24.9 Å². The first kappa shape index (κ1) is 13.9. The zero-order valence-corrected chi connectivity index (χ0v) is 11.0. The van der Waals surface area contributed by atoms with Gasteiger partial charge in [-0.05, 0) is 36.5 Å². The molecule has 2 rings (SSSR count). The second kappa shape index (κ2) is 7.13. The Morgan fingerprint density at radius 2 is 2.21 bits per heavy atom. The number of aliphatic hydroxyl groups excluding tert-OH is 1. The summed E-state index contributed by atoms with van der Waals surface area (Å²) >= 11 is 0. The Bertz CT molecular complexity index is 436. The molecule has 0 amide bonds. The number of hydrogen-bond donors (Lipinski definition) is 2. The fraction of sp³-hybridized carbons (Fsp3) is 0.533. The summed E-state index contributed by atoms with van der Waals surface area (Å²) in [5, 5.41) is 21.8. The average Bonchev–Trinajstić information content (AvgIpc) is 2.47. The molecule has 0 spiro atoms. The molecule has 0 aromatic heterocycles. The molecule has 4 heteroatoms. The van der Waals surface area contributed by atoms with Gasteiger partial charge >= 0.3 is 0 Å². The number of nitrogens with one attached hydrogen (secondary N) is 1. The van der Waals surface area contributed by atoms with Crippen molar-refractivity contribution in [1.82, 2.24) is 0 Å². The quantitative estimate of drug-likeness (QED) is 0.853. The lowest BCUT2D eigenvalue weighted by atomic mass is 10.00. The highest BCUT2D eigenvalue weighted by molar-refractivity contribution is 5.46. The molecule has 1 saturated heterocycles. The molecule has 19 heavy (non-hydrogen) atoms. The van der Waals surface area contributed by atoms with Crippen LogP contribution in [0.3, 0.4) is 0 Å². The van der Waals surface area contributed by atoms with Crippen LogP contribution < -0.4 is 5.32 Å². The van der Waals surface area contributed by atoms with E-state index < -0.39 is 6.10 Å². The van der Waals surface area contributed by atoms with Crippen molar-refractivity contribution in [1.29, 1.82) is 5.26 Å². The normalized spacial score (nSPS) is 17.7. The van der Waals surface area contributed by atoms with Crippen molar-refractivity contribution < 1.29 is 9.84 Å². The third kappa shape index (κ3) is 4.23. The van der Waals surface area contributed by atoms with Gasteiger partial charge in [-0.1, -0.05) is 12.1 Å². The number of rotatable bonds is 5. The minimum atomic E-state index is -0.699. The second-order valence-electron chi connectivity index (χ2n) is 4.94. The molecule has 0 aliphatic carbocycles. The van der Waals surface area contributed by atoms with Crippen LogP contribution in [0.5, 0.6) is 0 Å². The fourth-order valence-electron chi connectivity index (χ4n) is 2.27. The molecule has 1 heterocycles. The third-order valence-electron chi connectivity index (χ3n) is 3.49. The van der Waals surface area contributed by atoms with Crippen molar-refractivity contribution >= 4 is 5.69 Å². The lowest BCUT2D eigenvalue weighted by molar-refractivity contribution is 0.0699. The Morgan fingerprint density at radius 3 is 2.95 bits per heavy atom. The van der Waals surface area contributed by atoms with Crippen LogP contribution in [-0.2, 0) is 4.74 Å². The minimum absolute atomic E-state index is 0.128. The summed E-state index contributed by atoms with van der Waals surface area (Å²) in [4.78, 5) is 0. The van der Waals surface area contributed by atoms with Gasteiger partial charge in [-0.2, -0.15) is 5.26 Å². The van der Waals surface area contributed by atoms with E-state index in [1.807, 2.05) is 30.3 Å². The Kier molecular flexibility index (Phi) is 5.20. The predicted molar refractivity (Wildman–Crippen MR) is 73.7 cm³/mol. The number of anilines is 1. The summed E-state index contributed by atoms with van der Waals surface area (Å²) in [6, 6.07) is 9.64. The topological polar surface area (TPSA) is 65.3 Å². The third-order valence-corrected chi connectivity index (χ3v) is 3.49. The van der Waals surface area contributed by atoms with E-state index in [1.165, 1.54) is 0 Å². The lowest BCUT2D eigenvalue weighted by Crippen LogP contribution is -2.22. The first-order chi connectivity index (χ1) is 9.29. The largest absolute Gasteiger partial charge is 0.387 e. The molecule has 1 atom stereocenters. The van der Waals surface area contributed by atoms with Gasteiger partial charge in [0.05, 0.1) is 18.6 Å². The van der Waals surface area contributed by atoms with Crippen LogP contribution >= 0.6 is 0 Å². The van der Waals surface area contributed by atoms with Crippen molar-refractivity contribution in [3.63, 3.8) is 0 Å². The van der Waals surface area contributed by atoms with E-state index in [0.29, 0.717) is 5.92 Å². The number of nitriles is 1. The summed E-state index contributed by atoms with van der Waals surface area (Å²) in [5.74, 6) is 0.654. The summed E-state index contributed by atoms with van der Waals surface area (Å²) in [6.07, 6.45) is 1.63. The molecule has 4 nitrogen and oxygen atoms in total. The summed E-state index contributed by atoms with van der Waals surface area (Å²) < 4.78 is 5.34. The van der Waals surface area contributed by atoms with Crippen LogP contribution in [0.25, 0.3) is 0 Å². The maximum Gasteiger partial charge on any atom is 0.0920 e. The van der Waals surface area contributed by atoms with E-state index in [0.717, 1.165) is 43.9 Å². The Balaban J connectivity index is 1.89. The van der Waals surface area contributed by atoms with Crippen LogP contribution in [0.2, 0.25) is 0 Å². The van der Waals surface area contributed by atoms with Gasteiger partial charge in [0, 0.05) is 25.4 Å². The van der Waals surface area contributed by atoms with Gasteiger partial charge in [0.2, 0.25) is 0 Å². The molecule has 0 radical (unpaired) electrons. The maximum absolute atomic E-state index is 9.80. The summed E-state index contributed by atoms with van der Waals surface area (Å²) in [5.41, 5.74) is 1.79. The van der Waals surface area contributed by atoms with Gasteiger partial charge in [0.15, 0.2) is 0 Å². The molecule has 1 unspecified atom stereocenters. The van der Waals surface area contributed by atoms with Crippen molar-refractivity contribution in [3.8, 4) is 6.07 Å². The molecule has 1 aliphatic heterocycles. The fourth-order valence-corrected chi connectivity index (χ4v) is 2.27. The maximum atomic E-state index is 9.80. The van der Waals surface area contributed by atoms with Gasteiger partial charge in [0.1, 0.15) is 0 Å². The highest BCUT2D eigenvalue weighted by Crippen LogP contribution is 2.21. The molecular weight excluding hydrogens is 240 g/mol. The molecular formula is C15H20N2O2. The second-order valence-corrected chi connectivity index (χ2v) is 4.94. The summed E-state index contributed by atoms with van der Waals surface area (Å²) in [7, 11) is 0. The first-order valence-corrected chi connectivity index (χ1v) is 6.76. The van der Waals surface area contributed by atoms with E-state index in [1.54, 1.807) is 0 Å². The molecule has 0 saturated carbocycles. The zero-order valence-electron chi connectivity index (χ0n) is 11.0. The minimum Gasteiger partial charge on any atom is -0.387 e. The van der Waals surface area contributed by atoms with E-state index >= 15 is 0 Å². The molecule has 1 aromatic rings. The summed E-state index contributed by atoms with van der Waals surface area (Å²) in [6.45, 7) is 2.64. The van der Waals surface area contributed by atoms with Crippen LogP contribution in [0.4, 0.5) is 5.69 Å². The van der Waals surface area contributed by atoms with Crippen LogP contribution in [0.15, 0.2) is 24.3 Å². The monoisotopic (exact) mass is 260 g/mol. The molecule has 0 bridgehead atoms. The van der Waals surface area contributed by atoms with Gasteiger partial charge in [-0.15, -0.1) is 0 Å². The Hall–Kier alpha value is -1.57. The average molecular weight is 260 g/mol. The lowest BCUT2D eigenvalue weighted by Gasteiger charge is -2.22. The van der Waals surface area contributed by atoms with Crippen molar-refractivity contribution in [3.05, 3.63) is 29.8 Å². The first-order valence-electron chi connectivity index (χ1n) is 6.76. The standard InChI is InChI=1S/C15H20N2O2/c16-7-4-15(18)13-2-1-3-14(10-13)17-11-12-5-8-19-9-6-12/h1-3,10,12,15,17-18H,4-6,8-9,11H2. The highest BCUT2D eigenvalue weighted by Gasteiger charge is 2.13. The predicted octanol–water partition coefficient (Wildman–Crippen LogP) is 2.47. The number of hydrogen-bond acceptors (Lipinski definition) is 4. The number of aliphatic hydroxyl groups is 1. The van der Waals surface area contributed by atoms with Gasteiger partial charge in [0.25, 0.3) is 0 Å². The SMILES string of the molecule is N#CCC(O)c1cccc(NCC2CCOCC2)c1. The number of ether oxygens (including phenoxy) is 1. The Morgan fingerprint density at radius 1 is 1.42 bits per heavy atom. The molecule has 1 aliphatic rings. The molecule has 102 valence electrons. The van der Waals surface area contributed by atoms with Crippen molar-refractivity contribution in [2.75, 3.05) is 25.1 Å². The number of benzene rings is 1. The van der Waals surface area contributed by atoms with Gasteiger partial charge < -0.3 is 15.2 Å². The smallest absolute Gasteiger partial charge is 0.0920 e. The molecule has 1 aromatic carbocycles. The molecule has 1 fully saturated rings. The van der Waals surface area contributed by atoms with Crippen LogP contribution in [0, 0.1) is 17.2 Å². The van der Waals surface area contributed by atoms with E-state index in [-0.39, 0.29) is 6.42 Å². The molecule has 2 N–H and O–H groups in total. The van der Waals surface area contributed by atoms with Crippen LogP contribution in [0.1, 0.15) is 30.9 Å².